The summed E-state index contributed by atoms with van der Waals surface area (Å²) in [7, 11) is -4.14. The van der Waals surface area contributed by atoms with Crippen LogP contribution in [-0.4, -0.2) is 26.1 Å². The van der Waals surface area contributed by atoms with E-state index in [-0.39, 0.29) is 4.90 Å². The quantitative estimate of drug-likeness (QED) is 0.395. The number of nitrogens with two attached hydrogens (primary N) is 1. The predicted molar refractivity (Wildman–Crippen MR) is 129 cm³/mol. The lowest BCUT2D eigenvalue weighted by atomic mass is 10.1. The van der Waals surface area contributed by atoms with Crippen molar-refractivity contribution in [1.82, 2.24) is 0 Å². The molecule has 0 spiro atoms. The summed E-state index contributed by atoms with van der Waals surface area (Å²) in [4.78, 5) is 2.16. The molecule has 6 nitrogen and oxygen atoms in total. The molecule has 0 fully saturated rings. The number of anilines is 2. The van der Waals surface area contributed by atoms with E-state index in [4.69, 9.17) is 15.5 Å². The number of nitrogens with zero attached hydrogens (tertiary/aromatic N) is 2. The van der Waals surface area contributed by atoms with E-state index < -0.39 is 10.1 Å². The molecule has 3 aromatic rings. The zero-order valence-corrected chi connectivity index (χ0v) is 19.2. The first-order chi connectivity index (χ1) is 15.2. The Hall–Kier alpha value is -3.34. The van der Waals surface area contributed by atoms with Gasteiger partial charge in [0, 0.05) is 24.5 Å². The van der Waals surface area contributed by atoms with Crippen LogP contribution in [0, 0.1) is 25.2 Å². The largest absolute Gasteiger partial charge is 0.399 e. The van der Waals surface area contributed by atoms with Gasteiger partial charge in [0.15, 0.2) is 0 Å². The Morgan fingerprint density at radius 3 is 2.28 bits per heavy atom. The lowest BCUT2D eigenvalue weighted by Gasteiger charge is -2.24. The van der Waals surface area contributed by atoms with E-state index in [2.05, 4.69) is 66.4 Å². The topological polar surface area (TPSA) is 107 Å². The molecule has 3 rings (SSSR count). The highest BCUT2D eigenvalue weighted by Crippen LogP contribution is 2.18. The normalized spacial score (nSPS) is 10.6. The maximum absolute atomic E-state index is 10.7. The van der Waals surface area contributed by atoms with Gasteiger partial charge in [-0.15, -0.1) is 0 Å². The van der Waals surface area contributed by atoms with E-state index in [1.54, 1.807) is 19.1 Å². The van der Waals surface area contributed by atoms with Crippen molar-refractivity contribution in [2.45, 2.75) is 31.6 Å². The van der Waals surface area contributed by atoms with E-state index in [0.717, 1.165) is 19.5 Å². The van der Waals surface area contributed by atoms with Gasteiger partial charge in [-0.1, -0.05) is 48.5 Å². The first-order valence-corrected chi connectivity index (χ1v) is 11.7. The number of rotatable bonds is 7. The van der Waals surface area contributed by atoms with Crippen LogP contribution in [0.3, 0.4) is 0 Å². The third-order valence-corrected chi connectivity index (χ3v) is 5.86. The van der Waals surface area contributed by atoms with Gasteiger partial charge in [0.05, 0.1) is 17.4 Å². The van der Waals surface area contributed by atoms with Gasteiger partial charge in [0.1, 0.15) is 0 Å². The molecule has 7 heteroatoms. The molecular weight excluding hydrogens is 422 g/mol. The molecule has 0 saturated carbocycles. The SMILES string of the molecule is Cc1ccc(N)cc1S(=O)(=O)O.Cc1cccc(N(CCC#N)CCc2ccccc2)c1. The minimum Gasteiger partial charge on any atom is -0.399 e. The summed E-state index contributed by atoms with van der Waals surface area (Å²) < 4.78 is 30.1. The van der Waals surface area contributed by atoms with Crippen molar-refractivity contribution < 1.29 is 13.0 Å². The van der Waals surface area contributed by atoms with Crippen LogP contribution >= 0.6 is 0 Å². The van der Waals surface area contributed by atoms with Gasteiger partial charge >= 0.3 is 0 Å². The molecule has 0 aliphatic rings. The highest BCUT2D eigenvalue weighted by molar-refractivity contribution is 7.85. The third kappa shape index (κ3) is 8.06. The van der Waals surface area contributed by atoms with Crippen molar-refractivity contribution in [3.05, 3.63) is 89.5 Å². The summed E-state index contributed by atoms with van der Waals surface area (Å²) in [5, 5.41) is 8.83. The zero-order chi connectivity index (χ0) is 23.6. The number of hydrogen-bond donors (Lipinski definition) is 2. The molecule has 0 saturated heterocycles. The van der Waals surface area contributed by atoms with Crippen LogP contribution in [0.1, 0.15) is 23.1 Å². The summed E-state index contributed by atoms with van der Waals surface area (Å²) in [5.74, 6) is 0. The minimum atomic E-state index is -4.14. The maximum atomic E-state index is 10.7. The van der Waals surface area contributed by atoms with E-state index in [9.17, 15) is 8.42 Å². The smallest absolute Gasteiger partial charge is 0.294 e. The standard InChI is InChI=1S/C18H20N2.C7H9NO3S/c1-16-7-5-10-18(15-16)20(13-6-12-19)14-11-17-8-3-2-4-9-17;1-5-2-3-6(8)4-7(5)12(9,10)11/h2-5,7-10,15H,6,11,13-14H2,1H3;2-4H,8H2,1H3,(H,9,10,11). The van der Waals surface area contributed by atoms with Crippen molar-refractivity contribution in [3.8, 4) is 6.07 Å². The molecule has 0 unspecified atom stereocenters. The highest BCUT2D eigenvalue weighted by Gasteiger charge is 2.12. The predicted octanol–water partition coefficient (Wildman–Crippen LogP) is 4.78. The van der Waals surface area contributed by atoms with Gasteiger partial charge in [-0.2, -0.15) is 13.7 Å². The van der Waals surface area contributed by atoms with Crippen molar-refractivity contribution in [2.24, 2.45) is 0 Å². The Balaban J connectivity index is 0.000000258. The van der Waals surface area contributed by atoms with Crippen molar-refractivity contribution >= 4 is 21.5 Å². The number of nitrogen functional groups attached to an aromatic ring is 1. The second-order valence-electron chi connectivity index (χ2n) is 7.47. The Morgan fingerprint density at radius 1 is 0.969 bits per heavy atom. The van der Waals surface area contributed by atoms with Crippen LogP contribution in [0.5, 0.6) is 0 Å². The van der Waals surface area contributed by atoms with Crippen molar-refractivity contribution in [1.29, 1.82) is 5.26 Å². The molecule has 0 atom stereocenters. The van der Waals surface area contributed by atoms with Gasteiger partial charge in [-0.05, 0) is 61.2 Å². The van der Waals surface area contributed by atoms with Crippen LogP contribution in [-0.2, 0) is 16.5 Å². The number of hydrogen-bond acceptors (Lipinski definition) is 5. The molecule has 0 aromatic heterocycles. The van der Waals surface area contributed by atoms with Gasteiger partial charge in [0.2, 0.25) is 0 Å². The average molecular weight is 452 g/mol. The van der Waals surface area contributed by atoms with Gasteiger partial charge in [0.25, 0.3) is 10.1 Å². The Morgan fingerprint density at radius 2 is 1.69 bits per heavy atom. The third-order valence-electron chi connectivity index (χ3n) is 4.86. The van der Waals surface area contributed by atoms with Gasteiger partial charge < -0.3 is 10.6 Å². The fourth-order valence-electron chi connectivity index (χ4n) is 3.18. The van der Waals surface area contributed by atoms with Crippen LogP contribution in [0.2, 0.25) is 0 Å². The number of nitriles is 1. The highest BCUT2D eigenvalue weighted by atomic mass is 32.2. The number of benzene rings is 3. The molecule has 3 aromatic carbocycles. The summed E-state index contributed by atoms with van der Waals surface area (Å²) >= 11 is 0. The van der Waals surface area contributed by atoms with Crippen molar-refractivity contribution in [2.75, 3.05) is 23.7 Å². The summed E-state index contributed by atoms with van der Waals surface area (Å²) in [6.07, 6.45) is 1.56. The molecule has 32 heavy (non-hydrogen) atoms. The second-order valence-corrected chi connectivity index (χ2v) is 8.86. The Kier molecular flexibility index (Phi) is 9.26. The maximum Gasteiger partial charge on any atom is 0.294 e. The lowest BCUT2D eigenvalue weighted by Crippen LogP contribution is -2.26. The van der Waals surface area contributed by atoms with E-state index >= 15 is 0 Å². The Bertz CT molecular complexity index is 1160. The fourth-order valence-corrected chi connectivity index (χ4v) is 3.94. The van der Waals surface area contributed by atoms with Crippen LogP contribution in [0.25, 0.3) is 0 Å². The van der Waals surface area contributed by atoms with Crippen LogP contribution in [0.15, 0.2) is 77.7 Å². The van der Waals surface area contributed by atoms with Crippen molar-refractivity contribution in [3.63, 3.8) is 0 Å². The second kappa shape index (κ2) is 11.9. The molecule has 0 heterocycles. The average Bonchev–Trinajstić information content (AvgIpc) is 2.76. The summed E-state index contributed by atoms with van der Waals surface area (Å²) in [6, 6.07) is 25.5. The molecule has 0 aliphatic heterocycles. The molecule has 168 valence electrons. The van der Waals surface area contributed by atoms with Gasteiger partial charge in [-0.25, -0.2) is 0 Å². The van der Waals surface area contributed by atoms with E-state index in [1.807, 2.05) is 6.07 Å². The molecule has 0 amide bonds. The molecule has 0 radical (unpaired) electrons. The van der Waals surface area contributed by atoms with Gasteiger partial charge in [-0.3, -0.25) is 4.55 Å². The molecule has 3 N–H and O–H groups in total. The fraction of sp³-hybridized carbons (Fsp3) is 0.240. The van der Waals surface area contributed by atoms with E-state index in [1.165, 1.54) is 22.9 Å². The van der Waals surface area contributed by atoms with E-state index in [0.29, 0.717) is 17.7 Å². The zero-order valence-electron chi connectivity index (χ0n) is 18.4. The first kappa shape index (κ1) is 24.9. The first-order valence-electron chi connectivity index (χ1n) is 10.3. The molecular formula is C25H29N3O3S. The minimum absolute atomic E-state index is 0.137. The number of aryl methyl sites for hydroxylation is 2. The summed E-state index contributed by atoms with van der Waals surface area (Å²) in [6.45, 7) is 5.41. The Labute approximate surface area is 190 Å². The molecule has 0 aliphatic carbocycles. The lowest BCUT2D eigenvalue weighted by molar-refractivity contribution is 0.482. The van der Waals surface area contributed by atoms with Crippen LogP contribution < -0.4 is 10.6 Å². The summed E-state index contributed by atoms with van der Waals surface area (Å²) in [5.41, 5.74) is 9.93. The monoisotopic (exact) mass is 451 g/mol. The molecule has 0 bridgehead atoms. The van der Waals surface area contributed by atoms with Crippen LogP contribution in [0.4, 0.5) is 11.4 Å².